The molecule has 1 aromatic carbocycles. The van der Waals surface area contributed by atoms with Crippen LogP contribution >= 0.6 is 23.2 Å². The van der Waals surface area contributed by atoms with Crippen molar-refractivity contribution in [2.24, 2.45) is 0 Å². The highest BCUT2D eigenvalue weighted by Gasteiger charge is 2.07. The molecule has 0 aliphatic carbocycles. The number of aromatic nitrogens is 3. The van der Waals surface area contributed by atoms with Gasteiger partial charge in [-0.3, -0.25) is 5.32 Å². The molecule has 6 nitrogen and oxygen atoms in total. The van der Waals surface area contributed by atoms with Crippen molar-refractivity contribution in [1.29, 1.82) is 0 Å². The van der Waals surface area contributed by atoms with Gasteiger partial charge in [-0.25, -0.2) is 9.78 Å². The number of urea groups is 1. The average Bonchev–Trinajstić information content (AvgIpc) is 2.32. The van der Waals surface area contributed by atoms with Crippen molar-refractivity contribution in [2.75, 3.05) is 10.6 Å². The summed E-state index contributed by atoms with van der Waals surface area (Å²) < 4.78 is 0. The number of halogens is 2. The van der Waals surface area contributed by atoms with Crippen LogP contribution < -0.4 is 10.6 Å². The van der Waals surface area contributed by atoms with Crippen molar-refractivity contribution in [3.63, 3.8) is 0 Å². The number of rotatable bonds is 2. The lowest BCUT2D eigenvalue weighted by Gasteiger charge is -2.07. The molecule has 1 heterocycles. The maximum atomic E-state index is 11.8. The fourth-order valence-electron chi connectivity index (χ4n) is 1.40. The van der Waals surface area contributed by atoms with E-state index in [-0.39, 0.29) is 5.95 Å². The Morgan fingerprint density at radius 3 is 2.25 bits per heavy atom. The molecule has 0 spiro atoms. The first-order valence-electron chi connectivity index (χ1n) is 5.66. The molecule has 0 bridgehead atoms. The number of anilines is 2. The number of hydrogen-bond acceptors (Lipinski definition) is 4. The Morgan fingerprint density at radius 2 is 1.65 bits per heavy atom. The van der Waals surface area contributed by atoms with E-state index in [1.807, 2.05) is 0 Å². The molecule has 0 unspecified atom stereocenters. The standard InChI is InChI=1S/C12H11Cl2N5O/c1-6-7(2)18-19-11(15-6)17-12(20)16-10-4-8(13)3-9(14)5-10/h3-5H,1-2H3,(H2,15,16,17,19,20). The van der Waals surface area contributed by atoms with E-state index in [2.05, 4.69) is 25.8 Å². The fraction of sp³-hybridized carbons (Fsp3) is 0.167. The van der Waals surface area contributed by atoms with E-state index in [1.165, 1.54) is 0 Å². The molecule has 0 radical (unpaired) electrons. The second kappa shape index (κ2) is 6.02. The second-order valence-corrected chi connectivity index (χ2v) is 4.92. The van der Waals surface area contributed by atoms with Crippen molar-refractivity contribution in [2.45, 2.75) is 13.8 Å². The minimum absolute atomic E-state index is 0.124. The summed E-state index contributed by atoms with van der Waals surface area (Å²) in [4.78, 5) is 15.9. The van der Waals surface area contributed by atoms with E-state index in [1.54, 1.807) is 32.0 Å². The average molecular weight is 312 g/mol. The van der Waals surface area contributed by atoms with Crippen LogP contribution in [0.15, 0.2) is 18.2 Å². The zero-order valence-corrected chi connectivity index (χ0v) is 12.2. The van der Waals surface area contributed by atoms with Gasteiger partial charge >= 0.3 is 6.03 Å². The Balaban J connectivity index is 2.06. The molecule has 8 heteroatoms. The van der Waals surface area contributed by atoms with Crippen LogP contribution in [-0.2, 0) is 0 Å². The van der Waals surface area contributed by atoms with Gasteiger partial charge in [0.2, 0.25) is 0 Å². The molecule has 0 aliphatic rings. The van der Waals surface area contributed by atoms with Crippen LogP contribution in [0.5, 0.6) is 0 Å². The molecule has 20 heavy (non-hydrogen) atoms. The third-order valence-corrected chi connectivity index (χ3v) is 2.87. The lowest BCUT2D eigenvalue weighted by Crippen LogP contribution is -2.21. The zero-order chi connectivity index (χ0) is 14.7. The highest BCUT2D eigenvalue weighted by Crippen LogP contribution is 2.22. The van der Waals surface area contributed by atoms with Crippen LogP contribution in [0.2, 0.25) is 10.0 Å². The normalized spacial score (nSPS) is 10.2. The van der Waals surface area contributed by atoms with Crippen LogP contribution in [0.25, 0.3) is 0 Å². The number of aryl methyl sites for hydroxylation is 2. The number of hydrogen-bond donors (Lipinski definition) is 2. The van der Waals surface area contributed by atoms with E-state index < -0.39 is 6.03 Å². The molecule has 0 atom stereocenters. The lowest BCUT2D eigenvalue weighted by molar-refractivity contribution is 0.262. The Morgan fingerprint density at radius 1 is 1.00 bits per heavy atom. The van der Waals surface area contributed by atoms with Crippen LogP contribution in [0.3, 0.4) is 0 Å². The fourth-order valence-corrected chi connectivity index (χ4v) is 1.93. The SMILES string of the molecule is Cc1nnc(NC(=O)Nc2cc(Cl)cc(Cl)c2)nc1C. The Kier molecular flexibility index (Phi) is 4.36. The third kappa shape index (κ3) is 3.79. The molecule has 2 N–H and O–H groups in total. The van der Waals surface area contributed by atoms with Crippen molar-refractivity contribution in [3.8, 4) is 0 Å². The van der Waals surface area contributed by atoms with Gasteiger partial charge in [-0.1, -0.05) is 23.2 Å². The van der Waals surface area contributed by atoms with Gasteiger partial charge in [-0.2, -0.15) is 5.10 Å². The molecule has 0 saturated heterocycles. The van der Waals surface area contributed by atoms with Crippen LogP contribution in [-0.4, -0.2) is 21.2 Å². The van der Waals surface area contributed by atoms with Crippen LogP contribution in [0, 0.1) is 13.8 Å². The number of benzene rings is 1. The molecule has 0 saturated carbocycles. The lowest BCUT2D eigenvalue weighted by atomic mass is 10.3. The summed E-state index contributed by atoms with van der Waals surface area (Å²) in [5, 5.41) is 13.6. The molecule has 2 amide bonds. The Bertz CT molecular complexity index is 642. The summed E-state index contributed by atoms with van der Waals surface area (Å²) in [6.07, 6.45) is 0. The van der Waals surface area contributed by atoms with Gasteiger partial charge in [0.25, 0.3) is 5.95 Å². The number of carbonyl (C=O) groups is 1. The molecular formula is C12H11Cl2N5O. The van der Waals surface area contributed by atoms with Gasteiger partial charge < -0.3 is 5.32 Å². The molecule has 1 aromatic heterocycles. The van der Waals surface area contributed by atoms with Gasteiger partial charge in [0.05, 0.1) is 11.4 Å². The largest absolute Gasteiger partial charge is 0.326 e. The minimum atomic E-state index is -0.506. The van der Waals surface area contributed by atoms with Crippen molar-refractivity contribution in [3.05, 3.63) is 39.6 Å². The van der Waals surface area contributed by atoms with Crippen molar-refractivity contribution in [1.82, 2.24) is 15.2 Å². The first-order valence-corrected chi connectivity index (χ1v) is 6.41. The number of nitrogens with zero attached hydrogens (tertiary/aromatic N) is 3. The van der Waals surface area contributed by atoms with Gasteiger partial charge in [-0.15, -0.1) is 5.10 Å². The van der Waals surface area contributed by atoms with Crippen molar-refractivity contribution < 1.29 is 4.79 Å². The maximum Gasteiger partial charge on any atom is 0.326 e. The maximum absolute atomic E-state index is 11.8. The van der Waals surface area contributed by atoms with E-state index >= 15 is 0 Å². The molecule has 0 fully saturated rings. The highest BCUT2D eigenvalue weighted by atomic mass is 35.5. The second-order valence-electron chi connectivity index (χ2n) is 4.04. The third-order valence-electron chi connectivity index (χ3n) is 2.44. The molecular weight excluding hydrogens is 301 g/mol. The zero-order valence-electron chi connectivity index (χ0n) is 10.7. The summed E-state index contributed by atoms with van der Waals surface area (Å²) in [6, 6.07) is 4.22. The van der Waals surface area contributed by atoms with E-state index in [9.17, 15) is 4.79 Å². The Hall–Kier alpha value is -1.92. The monoisotopic (exact) mass is 311 g/mol. The van der Waals surface area contributed by atoms with Gasteiger partial charge in [0.1, 0.15) is 0 Å². The molecule has 2 aromatic rings. The first kappa shape index (κ1) is 14.5. The highest BCUT2D eigenvalue weighted by molar-refractivity contribution is 6.35. The molecule has 104 valence electrons. The molecule has 2 rings (SSSR count). The summed E-state index contributed by atoms with van der Waals surface area (Å²) in [7, 11) is 0. The summed E-state index contributed by atoms with van der Waals surface area (Å²) >= 11 is 11.7. The predicted molar refractivity (Wildman–Crippen MR) is 78.4 cm³/mol. The topological polar surface area (TPSA) is 79.8 Å². The quantitative estimate of drug-likeness (QED) is 0.890. The van der Waals surface area contributed by atoms with E-state index in [4.69, 9.17) is 23.2 Å². The number of carbonyl (C=O) groups excluding carboxylic acids is 1. The first-order chi connectivity index (χ1) is 9.44. The summed E-state index contributed by atoms with van der Waals surface area (Å²) in [5.74, 6) is 0.124. The van der Waals surface area contributed by atoms with Gasteiger partial charge in [-0.05, 0) is 32.0 Å². The van der Waals surface area contributed by atoms with E-state index in [0.717, 1.165) is 0 Å². The molecule has 0 aliphatic heterocycles. The van der Waals surface area contributed by atoms with Crippen LogP contribution in [0.1, 0.15) is 11.4 Å². The summed E-state index contributed by atoms with van der Waals surface area (Å²) in [6.45, 7) is 3.57. The van der Waals surface area contributed by atoms with E-state index in [0.29, 0.717) is 27.1 Å². The number of amides is 2. The Labute approximate surface area is 125 Å². The smallest absolute Gasteiger partial charge is 0.308 e. The summed E-state index contributed by atoms with van der Waals surface area (Å²) in [5.41, 5.74) is 1.87. The van der Waals surface area contributed by atoms with Gasteiger partial charge in [0.15, 0.2) is 0 Å². The van der Waals surface area contributed by atoms with Crippen molar-refractivity contribution >= 4 is 40.9 Å². The van der Waals surface area contributed by atoms with Crippen LogP contribution in [0.4, 0.5) is 16.4 Å². The predicted octanol–water partition coefficient (Wildman–Crippen LogP) is 3.44. The number of nitrogens with one attached hydrogen (secondary N) is 2. The van der Waals surface area contributed by atoms with Gasteiger partial charge in [0, 0.05) is 15.7 Å². The minimum Gasteiger partial charge on any atom is -0.308 e.